The third-order valence-corrected chi connectivity index (χ3v) is 9.85. The Bertz CT molecular complexity index is 632. The van der Waals surface area contributed by atoms with E-state index in [-0.39, 0.29) is 17.9 Å². The van der Waals surface area contributed by atoms with E-state index >= 15 is 0 Å². The van der Waals surface area contributed by atoms with E-state index in [4.69, 9.17) is 9.47 Å². The Kier molecular flexibility index (Phi) is 23.6. The molecule has 0 aromatic heterocycles. The molecule has 242 valence electrons. The van der Waals surface area contributed by atoms with Crippen molar-refractivity contribution in [3.8, 4) is 0 Å². The molecule has 0 radical (unpaired) electrons. The van der Waals surface area contributed by atoms with Crippen molar-refractivity contribution in [2.45, 2.75) is 182 Å². The maximum atomic E-state index is 13.4. The molecule has 0 aromatic carbocycles. The smallest absolute Gasteiger partial charge is 0.309 e. The van der Waals surface area contributed by atoms with Crippen LogP contribution in [0.2, 0.25) is 0 Å². The molecule has 0 heterocycles. The van der Waals surface area contributed by atoms with Gasteiger partial charge in [0, 0.05) is 6.42 Å². The van der Waals surface area contributed by atoms with E-state index in [1.54, 1.807) is 0 Å². The van der Waals surface area contributed by atoms with Crippen LogP contribution in [-0.2, 0) is 19.1 Å². The van der Waals surface area contributed by atoms with Gasteiger partial charge in [-0.25, -0.2) is 0 Å². The summed E-state index contributed by atoms with van der Waals surface area (Å²) in [5, 5.41) is 0. The maximum Gasteiger partial charge on any atom is 0.309 e. The van der Waals surface area contributed by atoms with E-state index < -0.39 is 0 Å². The quantitative estimate of drug-likeness (QED) is 0.0756. The minimum Gasteiger partial charge on any atom is -0.465 e. The van der Waals surface area contributed by atoms with E-state index in [0.717, 1.165) is 44.9 Å². The van der Waals surface area contributed by atoms with E-state index in [0.29, 0.717) is 43.3 Å². The zero-order valence-corrected chi connectivity index (χ0v) is 28.2. The summed E-state index contributed by atoms with van der Waals surface area (Å²) < 4.78 is 11.6. The van der Waals surface area contributed by atoms with Gasteiger partial charge in [-0.3, -0.25) is 9.59 Å². The van der Waals surface area contributed by atoms with E-state index in [2.05, 4.69) is 34.6 Å². The number of carbonyl (C=O) groups excluding carboxylic acids is 2. The van der Waals surface area contributed by atoms with Crippen molar-refractivity contribution in [2.75, 3.05) is 13.2 Å². The number of hydrogen-bond acceptors (Lipinski definition) is 4. The number of hydrogen-bond donors (Lipinski definition) is 0. The van der Waals surface area contributed by atoms with Gasteiger partial charge in [-0.05, 0) is 62.2 Å². The second kappa shape index (κ2) is 25.4. The molecule has 0 bridgehead atoms. The summed E-state index contributed by atoms with van der Waals surface area (Å²) in [5.41, 5.74) is 0. The summed E-state index contributed by atoms with van der Waals surface area (Å²) in [6, 6.07) is 0. The summed E-state index contributed by atoms with van der Waals surface area (Å²) in [6.07, 6.45) is 26.7. The van der Waals surface area contributed by atoms with Gasteiger partial charge in [0.1, 0.15) is 0 Å². The molecule has 0 saturated heterocycles. The third kappa shape index (κ3) is 18.3. The molecule has 5 unspecified atom stereocenters. The first-order valence-corrected chi connectivity index (χ1v) is 18.3. The van der Waals surface area contributed by atoms with Gasteiger partial charge in [-0.2, -0.15) is 0 Å². The van der Waals surface area contributed by atoms with Crippen LogP contribution >= 0.6 is 0 Å². The topological polar surface area (TPSA) is 52.6 Å². The van der Waals surface area contributed by atoms with Crippen molar-refractivity contribution in [1.82, 2.24) is 0 Å². The van der Waals surface area contributed by atoms with Crippen LogP contribution in [0.5, 0.6) is 0 Å². The van der Waals surface area contributed by atoms with Gasteiger partial charge in [0.15, 0.2) is 0 Å². The van der Waals surface area contributed by atoms with E-state index in [9.17, 15) is 9.59 Å². The molecule has 4 nitrogen and oxygen atoms in total. The van der Waals surface area contributed by atoms with Crippen LogP contribution in [0.3, 0.4) is 0 Å². The highest BCUT2D eigenvalue weighted by Gasteiger charge is 2.36. The van der Waals surface area contributed by atoms with Crippen molar-refractivity contribution in [3.63, 3.8) is 0 Å². The molecule has 1 saturated carbocycles. The Balaban J connectivity index is 2.40. The van der Waals surface area contributed by atoms with Crippen LogP contribution in [0.4, 0.5) is 0 Å². The number of carbonyl (C=O) groups is 2. The second-order valence-electron chi connectivity index (χ2n) is 13.3. The third-order valence-electron chi connectivity index (χ3n) is 9.85. The molecular weight excluding hydrogens is 508 g/mol. The van der Waals surface area contributed by atoms with Gasteiger partial charge in [-0.15, -0.1) is 0 Å². The van der Waals surface area contributed by atoms with Crippen LogP contribution in [0, 0.1) is 29.6 Å². The van der Waals surface area contributed by atoms with Crippen molar-refractivity contribution >= 4 is 11.9 Å². The lowest BCUT2D eigenvalue weighted by molar-refractivity contribution is -0.154. The fourth-order valence-electron chi connectivity index (χ4n) is 6.67. The minimum absolute atomic E-state index is 0.0206. The zero-order chi connectivity index (χ0) is 30.1. The molecule has 0 aromatic rings. The number of ether oxygens (including phenoxy) is 2. The molecule has 4 heteroatoms. The highest BCUT2D eigenvalue weighted by molar-refractivity contribution is 5.73. The Labute approximate surface area is 255 Å². The highest BCUT2D eigenvalue weighted by atomic mass is 16.5. The molecule has 5 atom stereocenters. The molecule has 0 N–H and O–H groups in total. The van der Waals surface area contributed by atoms with Crippen LogP contribution in [0.1, 0.15) is 182 Å². The summed E-state index contributed by atoms with van der Waals surface area (Å²) in [4.78, 5) is 25.5. The lowest BCUT2D eigenvalue weighted by atomic mass is 9.71. The Morgan fingerprint density at radius 3 is 1.83 bits per heavy atom. The average molecular weight is 579 g/mol. The van der Waals surface area contributed by atoms with Gasteiger partial charge in [0.05, 0.1) is 19.1 Å². The molecule has 0 spiro atoms. The highest BCUT2D eigenvalue weighted by Crippen LogP contribution is 2.40. The Morgan fingerprint density at radius 2 is 1.20 bits per heavy atom. The van der Waals surface area contributed by atoms with Gasteiger partial charge in [-0.1, -0.05) is 137 Å². The fourth-order valence-corrected chi connectivity index (χ4v) is 6.67. The van der Waals surface area contributed by atoms with Gasteiger partial charge >= 0.3 is 11.9 Å². The van der Waals surface area contributed by atoms with Crippen molar-refractivity contribution in [1.29, 1.82) is 0 Å². The summed E-state index contributed by atoms with van der Waals surface area (Å²) in [5.74, 6) is 2.39. The molecule has 41 heavy (non-hydrogen) atoms. The number of rotatable bonds is 26. The Morgan fingerprint density at radius 1 is 0.634 bits per heavy atom. The lowest BCUT2D eigenvalue weighted by Crippen LogP contribution is -2.33. The van der Waals surface area contributed by atoms with Crippen molar-refractivity contribution < 1.29 is 19.1 Å². The minimum atomic E-state index is -0.0206. The molecule has 1 aliphatic rings. The molecule has 1 rings (SSSR count). The SMILES string of the molecule is CCCCCCC1CCC(CCCCCCCC(=O)OCC(CC)CCCC)C(C(=O)OCC(CC)CCCC)C1. The second-order valence-corrected chi connectivity index (χ2v) is 13.3. The van der Waals surface area contributed by atoms with Gasteiger partial charge in [0.2, 0.25) is 0 Å². The standard InChI is InChI=1S/C37H70O4/c1-6-11-14-18-23-33-26-27-34(35(28-33)37(39)41-30-32(10-5)22-13-8-3)24-19-16-15-17-20-25-36(38)40-29-31(9-4)21-12-7-2/h31-35H,6-30H2,1-5H3. The predicted molar refractivity (Wildman–Crippen MR) is 174 cm³/mol. The molecule has 0 amide bonds. The van der Waals surface area contributed by atoms with Crippen molar-refractivity contribution in [3.05, 3.63) is 0 Å². The Hall–Kier alpha value is -1.06. The summed E-state index contributed by atoms with van der Waals surface area (Å²) in [7, 11) is 0. The molecule has 1 fully saturated rings. The monoisotopic (exact) mass is 579 g/mol. The van der Waals surface area contributed by atoms with Gasteiger partial charge in [0.25, 0.3) is 0 Å². The molecule has 1 aliphatic carbocycles. The van der Waals surface area contributed by atoms with E-state index in [1.807, 2.05) is 0 Å². The first-order valence-electron chi connectivity index (χ1n) is 18.3. The summed E-state index contributed by atoms with van der Waals surface area (Å²) >= 11 is 0. The first kappa shape index (κ1) is 38.0. The largest absolute Gasteiger partial charge is 0.465 e. The van der Waals surface area contributed by atoms with Gasteiger partial charge < -0.3 is 9.47 Å². The first-order chi connectivity index (χ1) is 20.0. The summed E-state index contributed by atoms with van der Waals surface area (Å²) in [6.45, 7) is 12.3. The predicted octanol–water partition coefficient (Wildman–Crippen LogP) is 11.2. The number of esters is 2. The zero-order valence-electron chi connectivity index (χ0n) is 28.2. The van der Waals surface area contributed by atoms with Crippen LogP contribution in [0.15, 0.2) is 0 Å². The fraction of sp³-hybridized carbons (Fsp3) is 0.946. The van der Waals surface area contributed by atoms with Crippen LogP contribution < -0.4 is 0 Å². The van der Waals surface area contributed by atoms with E-state index in [1.165, 1.54) is 96.3 Å². The normalized spacial score (nSPS) is 20.5. The lowest BCUT2D eigenvalue weighted by Gasteiger charge is -2.35. The van der Waals surface area contributed by atoms with Crippen LogP contribution in [-0.4, -0.2) is 25.2 Å². The number of unbranched alkanes of at least 4 members (excludes halogenated alkanes) is 9. The van der Waals surface area contributed by atoms with Crippen molar-refractivity contribution in [2.24, 2.45) is 29.6 Å². The van der Waals surface area contributed by atoms with Crippen LogP contribution in [0.25, 0.3) is 0 Å². The maximum absolute atomic E-state index is 13.4. The average Bonchev–Trinajstić information content (AvgIpc) is 2.99. The molecular formula is C37H70O4. The molecule has 0 aliphatic heterocycles.